The van der Waals surface area contributed by atoms with Crippen LogP contribution < -0.4 is 5.32 Å². The Morgan fingerprint density at radius 1 is 1.33 bits per heavy atom. The summed E-state index contributed by atoms with van der Waals surface area (Å²) in [4.78, 5) is 0. The zero-order valence-corrected chi connectivity index (χ0v) is 13.2. The Labute approximate surface area is 131 Å². The van der Waals surface area contributed by atoms with Crippen LogP contribution in [0.25, 0.3) is 5.69 Å². The molecule has 0 amide bonds. The summed E-state index contributed by atoms with van der Waals surface area (Å²) in [5, 5.41) is 16.8. The lowest BCUT2D eigenvalue weighted by molar-refractivity contribution is 0.788. The molecule has 108 valence electrons. The Balaban J connectivity index is 1.86. The number of rotatable bonds is 4. The minimum absolute atomic E-state index is 0.177. The highest BCUT2D eigenvalue weighted by molar-refractivity contribution is 7.14. The van der Waals surface area contributed by atoms with Gasteiger partial charge >= 0.3 is 0 Å². The summed E-state index contributed by atoms with van der Waals surface area (Å²) < 4.78 is 2.44. The molecule has 0 saturated heterocycles. The molecule has 3 aromatic rings. The van der Waals surface area contributed by atoms with Crippen LogP contribution in [0.15, 0.2) is 36.0 Å². The van der Waals surface area contributed by atoms with E-state index in [4.69, 9.17) is 11.6 Å². The third kappa shape index (κ3) is 3.06. The first-order valence-corrected chi connectivity index (χ1v) is 7.74. The van der Waals surface area contributed by atoms with E-state index in [1.165, 1.54) is 11.1 Å². The van der Waals surface area contributed by atoms with Gasteiger partial charge in [-0.1, -0.05) is 17.7 Å². The molecule has 2 heterocycles. The average Bonchev–Trinajstić information content (AvgIpc) is 3.12. The smallest absolute Gasteiger partial charge is 0.143 e. The van der Waals surface area contributed by atoms with Crippen LogP contribution in [0.2, 0.25) is 4.34 Å². The van der Waals surface area contributed by atoms with Gasteiger partial charge in [-0.05, 0) is 59.0 Å². The maximum Gasteiger partial charge on any atom is 0.143 e. The Kier molecular flexibility index (Phi) is 3.90. The van der Waals surface area contributed by atoms with E-state index in [0.29, 0.717) is 0 Å². The molecule has 1 N–H and O–H groups in total. The molecule has 21 heavy (non-hydrogen) atoms. The van der Waals surface area contributed by atoms with E-state index < -0.39 is 0 Å². The topological polar surface area (TPSA) is 55.6 Å². The fraction of sp³-hybridized carbons (Fsp3) is 0.214. The van der Waals surface area contributed by atoms with Gasteiger partial charge in [0.1, 0.15) is 6.33 Å². The zero-order valence-electron chi connectivity index (χ0n) is 11.6. The normalized spacial score (nSPS) is 12.3. The second-order valence-corrected chi connectivity index (χ2v) is 6.35. The van der Waals surface area contributed by atoms with Gasteiger partial charge < -0.3 is 5.32 Å². The molecular formula is C14H14ClN5S. The minimum Gasteiger partial charge on any atom is -0.378 e. The molecule has 0 aliphatic heterocycles. The number of nitrogens with one attached hydrogen (secondary N) is 1. The Morgan fingerprint density at radius 2 is 2.19 bits per heavy atom. The summed E-state index contributed by atoms with van der Waals surface area (Å²) in [6.07, 6.45) is 1.58. The maximum absolute atomic E-state index is 6.00. The Bertz CT molecular complexity index is 738. The molecule has 0 aliphatic rings. The number of nitrogens with zero attached hydrogens (tertiary/aromatic N) is 4. The van der Waals surface area contributed by atoms with E-state index in [1.54, 1.807) is 22.3 Å². The summed E-state index contributed by atoms with van der Waals surface area (Å²) >= 11 is 7.54. The Morgan fingerprint density at radius 3 is 2.86 bits per heavy atom. The first-order chi connectivity index (χ1) is 10.1. The number of tetrazole rings is 1. The first-order valence-electron chi connectivity index (χ1n) is 6.48. The van der Waals surface area contributed by atoms with Crippen molar-refractivity contribution >= 4 is 28.6 Å². The van der Waals surface area contributed by atoms with Gasteiger partial charge in [-0.25, -0.2) is 4.68 Å². The fourth-order valence-corrected chi connectivity index (χ4v) is 3.04. The van der Waals surface area contributed by atoms with Crippen molar-refractivity contribution in [3.63, 3.8) is 0 Å². The van der Waals surface area contributed by atoms with Crippen LogP contribution in [0, 0.1) is 6.92 Å². The number of hydrogen-bond donors (Lipinski definition) is 1. The molecule has 0 fully saturated rings. The van der Waals surface area contributed by atoms with Gasteiger partial charge in [0.05, 0.1) is 10.0 Å². The molecule has 1 unspecified atom stereocenters. The number of aryl methyl sites for hydroxylation is 1. The van der Waals surface area contributed by atoms with Crippen LogP contribution in [-0.2, 0) is 0 Å². The van der Waals surface area contributed by atoms with Gasteiger partial charge in [0, 0.05) is 11.7 Å². The number of anilines is 1. The maximum atomic E-state index is 6.00. The molecule has 5 nitrogen and oxygen atoms in total. The van der Waals surface area contributed by atoms with Crippen molar-refractivity contribution in [1.29, 1.82) is 0 Å². The number of thiophene rings is 1. The quantitative estimate of drug-likeness (QED) is 0.793. The van der Waals surface area contributed by atoms with Crippen molar-refractivity contribution in [3.8, 4) is 5.69 Å². The van der Waals surface area contributed by atoms with E-state index in [-0.39, 0.29) is 6.04 Å². The summed E-state index contributed by atoms with van der Waals surface area (Å²) in [5.74, 6) is 0. The van der Waals surface area contributed by atoms with Crippen molar-refractivity contribution in [3.05, 3.63) is 51.4 Å². The lowest BCUT2D eigenvalue weighted by Crippen LogP contribution is -2.07. The van der Waals surface area contributed by atoms with Crippen LogP contribution in [0.1, 0.15) is 24.1 Å². The summed E-state index contributed by atoms with van der Waals surface area (Å²) in [6, 6.07) is 8.24. The predicted octanol–water partition coefficient (Wildman–Crippen LogP) is 3.86. The lowest BCUT2D eigenvalue weighted by atomic mass is 10.1. The molecule has 3 rings (SSSR count). The first kappa shape index (κ1) is 14.0. The molecular weight excluding hydrogens is 306 g/mol. The second-order valence-electron chi connectivity index (χ2n) is 4.80. The highest BCUT2D eigenvalue weighted by Gasteiger charge is 2.10. The van der Waals surface area contributed by atoms with Crippen molar-refractivity contribution in [2.75, 3.05) is 5.32 Å². The molecule has 0 aliphatic carbocycles. The third-order valence-corrected chi connectivity index (χ3v) is 4.40. The molecule has 1 aromatic carbocycles. The minimum atomic E-state index is 0.177. The van der Waals surface area contributed by atoms with Gasteiger partial charge in [-0.15, -0.1) is 16.4 Å². The highest BCUT2D eigenvalue weighted by atomic mass is 35.5. The van der Waals surface area contributed by atoms with Crippen molar-refractivity contribution in [2.45, 2.75) is 19.9 Å². The molecule has 0 bridgehead atoms. The largest absolute Gasteiger partial charge is 0.378 e. The molecule has 0 radical (unpaired) electrons. The van der Waals surface area contributed by atoms with E-state index in [2.05, 4.69) is 40.1 Å². The standard InChI is InChI=1S/C14H14ClN5S/c1-9-3-4-12(20-8-16-18-19-20)6-13(9)17-10(2)11-5-14(15)21-7-11/h3-8,10,17H,1-2H3. The van der Waals surface area contributed by atoms with Crippen LogP contribution in [0.4, 0.5) is 5.69 Å². The van der Waals surface area contributed by atoms with Crippen LogP contribution >= 0.6 is 22.9 Å². The van der Waals surface area contributed by atoms with Crippen molar-refractivity contribution < 1.29 is 0 Å². The summed E-state index contributed by atoms with van der Waals surface area (Å²) in [7, 11) is 0. The number of halogens is 1. The van der Waals surface area contributed by atoms with Gasteiger partial charge in [0.15, 0.2) is 0 Å². The highest BCUT2D eigenvalue weighted by Crippen LogP contribution is 2.28. The molecule has 0 spiro atoms. The van der Waals surface area contributed by atoms with Crippen molar-refractivity contribution in [2.24, 2.45) is 0 Å². The summed E-state index contributed by atoms with van der Waals surface area (Å²) in [6.45, 7) is 4.18. The predicted molar refractivity (Wildman–Crippen MR) is 85.3 cm³/mol. The average molecular weight is 320 g/mol. The zero-order chi connectivity index (χ0) is 14.8. The monoisotopic (exact) mass is 319 g/mol. The molecule has 1 atom stereocenters. The summed E-state index contributed by atoms with van der Waals surface area (Å²) in [5.41, 5.74) is 4.32. The van der Waals surface area contributed by atoms with Gasteiger partial charge in [0.2, 0.25) is 0 Å². The lowest BCUT2D eigenvalue weighted by Gasteiger charge is -2.17. The van der Waals surface area contributed by atoms with Gasteiger partial charge in [-0.3, -0.25) is 0 Å². The van der Waals surface area contributed by atoms with E-state index in [1.807, 2.05) is 24.3 Å². The number of hydrogen-bond acceptors (Lipinski definition) is 5. The molecule has 2 aromatic heterocycles. The van der Waals surface area contributed by atoms with Gasteiger partial charge in [-0.2, -0.15) is 0 Å². The Hall–Kier alpha value is -1.92. The van der Waals surface area contributed by atoms with E-state index in [9.17, 15) is 0 Å². The van der Waals surface area contributed by atoms with Gasteiger partial charge in [0.25, 0.3) is 0 Å². The van der Waals surface area contributed by atoms with Crippen LogP contribution in [-0.4, -0.2) is 20.2 Å². The SMILES string of the molecule is Cc1ccc(-n2cnnn2)cc1NC(C)c1csc(Cl)c1. The van der Waals surface area contributed by atoms with Crippen LogP contribution in [0.5, 0.6) is 0 Å². The second kappa shape index (κ2) is 5.83. The van der Waals surface area contributed by atoms with Crippen molar-refractivity contribution in [1.82, 2.24) is 20.2 Å². The fourth-order valence-electron chi connectivity index (χ4n) is 2.05. The van der Waals surface area contributed by atoms with Crippen LogP contribution in [0.3, 0.4) is 0 Å². The van der Waals surface area contributed by atoms with E-state index in [0.717, 1.165) is 15.7 Å². The molecule has 0 saturated carbocycles. The third-order valence-electron chi connectivity index (χ3n) is 3.29. The van der Waals surface area contributed by atoms with E-state index >= 15 is 0 Å². The molecule has 7 heteroatoms. The number of benzene rings is 1. The number of aromatic nitrogens is 4.